The summed E-state index contributed by atoms with van der Waals surface area (Å²) in [5.41, 5.74) is 2.06. The molecule has 2 fully saturated rings. The van der Waals surface area contributed by atoms with Crippen molar-refractivity contribution in [2.45, 2.75) is 76.4 Å². The Labute approximate surface area is 238 Å². The number of amides is 1. The Hall–Kier alpha value is -3.25. The number of fused-ring (bicyclic) bond motifs is 2. The van der Waals surface area contributed by atoms with E-state index in [4.69, 9.17) is 14.2 Å². The number of aromatic nitrogens is 4. The second-order valence-electron chi connectivity index (χ2n) is 11.5. The van der Waals surface area contributed by atoms with Crippen LogP contribution in [0.15, 0.2) is 30.6 Å². The largest absolute Gasteiger partial charge is 0.467 e. The van der Waals surface area contributed by atoms with Crippen molar-refractivity contribution in [1.82, 2.24) is 24.9 Å². The normalized spacial score (nSPS) is 22.7. The quantitative estimate of drug-likeness (QED) is 0.353. The molecular weight excluding hydrogens is 535 g/mol. The summed E-state index contributed by atoms with van der Waals surface area (Å²) in [5.74, 6) is 0.608. The lowest BCUT2D eigenvalue weighted by Gasteiger charge is -2.51. The summed E-state index contributed by atoms with van der Waals surface area (Å²) in [7, 11) is 5.30. The second-order valence-corrected chi connectivity index (χ2v) is 12.4. The van der Waals surface area contributed by atoms with Crippen molar-refractivity contribution in [2.24, 2.45) is 7.05 Å². The van der Waals surface area contributed by atoms with Crippen LogP contribution < -0.4 is 9.64 Å². The maximum absolute atomic E-state index is 16.1. The summed E-state index contributed by atoms with van der Waals surface area (Å²) in [6, 6.07) is 4.85. The number of benzene rings is 1. The van der Waals surface area contributed by atoms with Crippen molar-refractivity contribution in [2.75, 3.05) is 25.9 Å². The van der Waals surface area contributed by atoms with Gasteiger partial charge >= 0.3 is 6.09 Å². The van der Waals surface area contributed by atoms with Gasteiger partial charge in [-0.15, -0.1) is 10.2 Å². The van der Waals surface area contributed by atoms with Crippen LogP contribution in [0, 0.1) is 0 Å². The van der Waals surface area contributed by atoms with Crippen molar-refractivity contribution in [3.63, 3.8) is 0 Å². The molecule has 4 atom stereocenters. The minimum Gasteiger partial charge on any atom is -0.467 e. The van der Waals surface area contributed by atoms with E-state index in [0.717, 1.165) is 29.5 Å². The van der Waals surface area contributed by atoms with Gasteiger partial charge in [0.05, 0.1) is 23.8 Å². The highest BCUT2D eigenvalue weighted by Gasteiger charge is 2.50. The van der Waals surface area contributed by atoms with Gasteiger partial charge < -0.3 is 19.1 Å². The first-order chi connectivity index (χ1) is 19.1. The number of anilines is 1. The summed E-state index contributed by atoms with van der Waals surface area (Å²) >= 11 is 1.38. The van der Waals surface area contributed by atoms with Gasteiger partial charge in [-0.05, 0) is 64.2 Å². The van der Waals surface area contributed by atoms with E-state index in [9.17, 15) is 4.79 Å². The van der Waals surface area contributed by atoms with Gasteiger partial charge in [0.15, 0.2) is 11.8 Å². The van der Waals surface area contributed by atoms with Crippen LogP contribution in [0.3, 0.4) is 0 Å². The standard InChI is InChI=1S/C28H37FN6O4S/c1-28(2,3)39-27(36)35-19-8-7-9-21(35)24(29)22(13-19)34(5)26-32-31-25(40-26)20-11-10-17(12-23(20)38-16-37-6)18-14-30-33(4)15-18/h10-12,14-15,19,21-22,24H,7-9,13,16H2,1-6H3/t19-,21+,22-,24+/m1/s1. The Bertz CT molecular complexity index is 1340. The van der Waals surface area contributed by atoms with E-state index >= 15 is 4.39 Å². The number of alkyl halides is 1. The molecule has 2 bridgehead atoms. The predicted octanol–water partition coefficient (Wildman–Crippen LogP) is 5.29. The third-order valence-corrected chi connectivity index (χ3v) is 8.48. The van der Waals surface area contributed by atoms with Crippen LogP contribution in [0.5, 0.6) is 5.75 Å². The van der Waals surface area contributed by atoms with Gasteiger partial charge in [-0.1, -0.05) is 17.4 Å². The van der Waals surface area contributed by atoms with Gasteiger partial charge in [0.1, 0.15) is 17.5 Å². The van der Waals surface area contributed by atoms with E-state index in [-0.39, 0.29) is 12.8 Å². The Morgan fingerprint density at radius 3 is 2.73 bits per heavy atom. The molecule has 1 aromatic carbocycles. The third kappa shape index (κ3) is 5.78. The number of ether oxygens (including phenoxy) is 3. The number of rotatable bonds is 7. The van der Waals surface area contributed by atoms with E-state index in [2.05, 4.69) is 15.3 Å². The van der Waals surface area contributed by atoms with E-state index in [1.54, 1.807) is 22.9 Å². The lowest BCUT2D eigenvalue weighted by Crippen LogP contribution is -2.65. The molecule has 0 spiro atoms. The lowest BCUT2D eigenvalue weighted by atomic mass is 9.80. The second kappa shape index (κ2) is 11.3. The van der Waals surface area contributed by atoms with Gasteiger partial charge in [0.25, 0.3) is 0 Å². The fraction of sp³-hybridized carbons (Fsp3) is 0.571. The molecule has 3 aromatic rings. The molecule has 2 aliphatic heterocycles. The third-order valence-electron chi connectivity index (χ3n) is 7.44. The zero-order chi connectivity index (χ0) is 28.6. The lowest BCUT2D eigenvalue weighted by molar-refractivity contribution is -0.0466. The molecule has 40 heavy (non-hydrogen) atoms. The molecule has 10 nitrogen and oxygen atoms in total. The van der Waals surface area contributed by atoms with Crippen LogP contribution >= 0.6 is 11.3 Å². The van der Waals surface area contributed by atoms with Crippen LogP contribution in [-0.2, 0) is 16.5 Å². The molecule has 12 heteroatoms. The molecule has 0 saturated carbocycles. The van der Waals surface area contributed by atoms with Gasteiger partial charge in [-0.2, -0.15) is 5.10 Å². The maximum atomic E-state index is 16.1. The number of methoxy groups -OCH3 is 1. The average Bonchev–Trinajstić information content (AvgIpc) is 3.57. The SMILES string of the molecule is COCOc1cc(-c2cnn(C)c2)ccc1-c1nnc(N(C)[C@@H]2C[C@H]3CCC[C@@H]([C@@H]2F)N3C(=O)OC(C)(C)C)s1. The zero-order valence-electron chi connectivity index (χ0n) is 23.8. The first-order valence-electron chi connectivity index (χ1n) is 13.5. The first kappa shape index (κ1) is 28.3. The Kier molecular flexibility index (Phi) is 8.01. The zero-order valence-corrected chi connectivity index (χ0v) is 24.7. The fourth-order valence-corrected chi connectivity index (χ4v) is 6.49. The highest BCUT2D eigenvalue weighted by atomic mass is 32.1. The van der Waals surface area contributed by atoms with E-state index in [1.807, 2.05) is 64.2 Å². The van der Waals surface area contributed by atoms with Crippen molar-refractivity contribution in [1.29, 1.82) is 0 Å². The molecular formula is C28H37FN6O4S. The number of carbonyl (C=O) groups excluding carboxylic acids is 1. The van der Waals surface area contributed by atoms with Crippen LogP contribution in [0.4, 0.5) is 14.3 Å². The molecule has 2 saturated heterocycles. The molecule has 0 unspecified atom stereocenters. The molecule has 2 aromatic heterocycles. The Morgan fingerprint density at radius 2 is 2.02 bits per heavy atom. The summed E-state index contributed by atoms with van der Waals surface area (Å²) in [5, 5.41) is 14.4. The minimum absolute atomic E-state index is 0.0745. The highest BCUT2D eigenvalue weighted by Crippen LogP contribution is 2.42. The number of nitrogens with zero attached hydrogens (tertiary/aromatic N) is 6. The van der Waals surface area contributed by atoms with Crippen molar-refractivity contribution in [3.8, 4) is 27.4 Å². The van der Waals surface area contributed by atoms with Crippen LogP contribution in [0.25, 0.3) is 21.7 Å². The van der Waals surface area contributed by atoms with Gasteiger partial charge in [-0.25, -0.2) is 9.18 Å². The predicted molar refractivity (Wildman–Crippen MR) is 151 cm³/mol. The number of carbonyl (C=O) groups is 1. The van der Waals surface area contributed by atoms with Gasteiger partial charge in [0, 0.05) is 39.0 Å². The fourth-order valence-electron chi connectivity index (χ4n) is 5.59. The molecule has 1 amide bonds. The molecule has 2 aliphatic rings. The first-order valence-corrected chi connectivity index (χ1v) is 14.3. The van der Waals surface area contributed by atoms with Gasteiger partial charge in [-0.3, -0.25) is 9.58 Å². The van der Waals surface area contributed by atoms with Crippen LogP contribution in [0.1, 0.15) is 46.5 Å². The van der Waals surface area contributed by atoms with E-state index in [0.29, 0.717) is 28.7 Å². The molecule has 5 rings (SSSR count). The Balaban J connectivity index is 1.37. The number of aryl methyl sites for hydroxylation is 1. The topological polar surface area (TPSA) is 94.8 Å². The van der Waals surface area contributed by atoms with Gasteiger partial charge in [0.2, 0.25) is 5.13 Å². The molecule has 0 N–H and O–H groups in total. The highest BCUT2D eigenvalue weighted by molar-refractivity contribution is 7.18. The van der Waals surface area contributed by atoms with Crippen molar-refractivity contribution >= 4 is 22.6 Å². The Morgan fingerprint density at radius 1 is 1.23 bits per heavy atom. The summed E-state index contributed by atoms with van der Waals surface area (Å²) < 4.78 is 34.5. The maximum Gasteiger partial charge on any atom is 0.410 e. The molecule has 4 heterocycles. The van der Waals surface area contributed by atoms with Crippen molar-refractivity contribution < 1.29 is 23.4 Å². The van der Waals surface area contributed by atoms with E-state index < -0.39 is 29.9 Å². The summed E-state index contributed by atoms with van der Waals surface area (Å²) in [6.07, 6.45) is 4.92. The molecule has 0 radical (unpaired) electrons. The molecule has 216 valence electrons. The van der Waals surface area contributed by atoms with E-state index in [1.165, 1.54) is 11.3 Å². The monoisotopic (exact) mass is 572 g/mol. The van der Waals surface area contributed by atoms with Crippen molar-refractivity contribution in [3.05, 3.63) is 30.6 Å². The smallest absolute Gasteiger partial charge is 0.410 e. The van der Waals surface area contributed by atoms with Crippen LogP contribution in [0.2, 0.25) is 0 Å². The summed E-state index contributed by atoms with van der Waals surface area (Å²) in [6.45, 7) is 5.58. The number of hydrogen-bond donors (Lipinski definition) is 0. The minimum atomic E-state index is -1.24. The number of hydrogen-bond acceptors (Lipinski definition) is 9. The number of piperidine rings is 2. The summed E-state index contributed by atoms with van der Waals surface area (Å²) in [4.78, 5) is 16.5. The number of halogens is 1. The van der Waals surface area contributed by atoms with Crippen LogP contribution in [-0.4, -0.2) is 81.8 Å². The average molecular weight is 573 g/mol. The molecule has 0 aliphatic carbocycles.